The number of carbonyl (C=O) groups is 2. The Morgan fingerprint density at radius 2 is 2.20 bits per heavy atom. The van der Waals surface area contributed by atoms with Crippen LogP contribution in [0.25, 0.3) is 0 Å². The highest BCUT2D eigenvalue weighted by molar-refractivity contribution is 5.84. The summed E-state index contributed by atoms with van der Waals surface area (Å²) >= 11 is 0. The Morgan fingerprint density at radius 3 is 2.67 bits per heavy atom. The van der Waals surface area contributed by atoms with Gasteiger partial charge in [-0.25, -0.2) is 9.59 Å². The highest BCUT2D eigenvalue weighted by Crippen LogP contribution is 2.30. The second-order valence-corrected chi connectivity index (χ2v) is 4.94. The summed E-state index contributed by atoms with van der Waals surface area (Å²) in [5.41, 5.74) is -0.525. The highest BCUT2D eigenvalue weighted by atomic mass is 16.6. The molecule has 5 nitrogen and oxygen atoms in total. The molecule has 84 valence electrons. The molecule has 1 amide bonds. The lowest BCUT2D eigenvalue weighted by Gasteiger charge is -2.29. The molecular formula is C10H15NO4. The van der Waals surface area contributed by atoms with E-state index < -0.39 is 17.7 Å². The predicted molar refractivity (Wildman–Crippen MR) is 51.2 cm³/mol. The van der Waals surface area contributed by atoms with Crippen molar-refractivity contribution in [2.45, 2.75) is 44.9 Å². The second-order valence-electron chi connectivity index (χ2n) is 4.94. The van der Waals surface area contributed by atoms with Crippen molar-refractivity contribution in [3.8, 4) is 0 Å². The minimum atomic E-state index is -0.525. The highest BCUT2D eigenvalue weighted by Gasteiger charge is 2.49. The molecule has 0 aliphatic carbocycles. The minimum Gasteiger partial charge on any atom is -0.459 e. The summed E-state index contributed by atoms with van der Waals surface area (Å²) in [5.74, 6) is -0.308. The third-order valence-electron chi connectivity index (χ3n) is 2.45. The van der Waals surface area contributed by atoms with Crippen LogP contribution >= 0.6 is 0 Å². The van der Waals surface area contributed by atoms with Crippen LogP contribution in [0.1, 0.15) is 27.2 Å². The summed E-state index contributed by atoms with van der Waals surface area (Å²) in [4.78, 5) is 24.4. The smallest absolute Gasteiger partial charge is 0.411 e. The third-order valence-corrected chi connectivity index (χ3v) is 2.45. The van der Waals surface area contributed by atoms with Crippen molar-refractivity contribution < 1.29 is 19.1 Å². The first-order valence-corrected chi connectivity index (χ1v) is 5.07. The Morgan fingerprint density at radius 1 is 1.53 bits per heavy atom. The summed E-state index contributed by atoms with van der Waals surface area (Å²) in [5, 5.41) is 0. The van der Waals surface area contributed by atoms with Crippen molar-refractivity contribution in [2.24, 2.45) is 0 Å². The number of morpholine rings is 1. The largest absolute Gasteiger partial charge is 0.459 e. The predicted octanol–water partition coefficient (Wildman–Crippen LogP) is 0.921. The van der Waals surface area contributed by atoms with E-state index >= 15 is 0 Å². The van der Waals surface area contributed by atoms with Gasteiger partial charge in [-0.05, 0) is 20.8 Å². The van der Waals surface area contributed by atoms with Crippen LogP contribution in [0.2, 0.25) is 0 Å². The second kappa shape index (κ2) is 3.12. The van der Waals surface area contributed by atoms with Crippen molar-refractivity contribution >= 4 is 12.1 Å². The van der Waals surface area contributed by atoms with E-state index in [1.807, 2.05) is 0 Å². The first-order chi connectivity index (χ1) is 6.87. The average molecular weight is 213 g/mol. The van der Waals surface area contributed by atoms with Gasteiger partial charge in [0.25, 0.3) is 0 Å². The topological polar surface area (TPSA) is 55.8 Å². The standard InChI is InChI=1S/C10H15NO4/c1-10(2,3)15-9(13)11-5-6-4-7(11)8(12)14-6/h6-7H,4-5H2,1-3H3/t6-,7-/m1/s1. The number of ether oxygens (including phenoxy) is 2. The van der Waals surface area contributed by atoms with Gasteiger partial charge in [0.15, 0.2) is 0 Å². The molecule has 2 rings (SSSR count). The van der Waals surface area contributed by atoms with E-state index in [1.54, 1.807) is 20.8 Å². The number of fused-ring (bicyclic) bond motifs is 2. The maximum Gasteiger partial charge on any atom is 0.411 e. The Hall–Kier alpha value is -1.26. The molecule has 0 radical (unpaired) electrons. The maximum absolute atomic E-state index is 11.7. The number of hydrogen-bond donors (Lipinski definition) is 0. The fourth-order valence-electron chi connectivity index (χ4n) is 1.87. The molecule has 0 saturated carbocycles. The van der Waals surface area contributed by atoms with Crippen molar-refractivity contribution in [3.63, 3.8) is 0 Å². The van der Waals surface area contributed by atoms with Gasteiger partial charge in [-0.3, -0.25) is 4.90 Å². The molecule has 5 heteroatoms. The van der Waals surface area contributed by atoms with Crippen LogP contribution in [0, 0.1) is 0 Å². The van der Waals surface area contributed by atoms with Crippen LogP contribution in [0.3, 0.4) is 0 Å². The van der Waals surface area contributed by atoms with Gasteiger partial charge in [-0.1, -0.05) is 0 Å². The van der Waals surface area contributed by atoms with E-state index in [0.29, 0.717) is 13.0 Å². The van der Waals surface area contributed by atoms with E-state index in [-0.39, 0.29) is 12.1 Å². The number of hydrogen-bond acceptors (Lipinski definition) is 4. The van der Waals surface area contributed by atoms with E-state index in [9.17, 15) is 9.59 Å². The summed E-state index contributed by atoms with van der Waals surface area (Å²) in [6.07, 6.45) is 0.0552. The lowest BCUT2D eigenvalue weighted by Crippen LogP contribution is -2.46. The third kappa shape index (κ3) is 1.91. The van der Waals surface area contributed by atoms with E-state index in [2.05, 4.69) is 0 Å². The number of carbonyl (C=O) groups excluding carboxylic acids is 2. The van der Waals surface area contributed by atoms with Gasteiger partial charge < -0.3 is 9.47 Å². The fourth-order valence-corrected chi connectivity index (χ4v) is 1.87. The summed E-state index contributed by atoms with van der Waals surface area (Å²) in [6, 6.07) is -0.426. The van der Waals surface area contributed by atoms with E-state index in [4.69, 9.17) is 9.47 Å². The lowest BCUT2D eigenvalue weighted by molar-refractivity contribution is -0.150. The molecule has 0 aromatic rings. The zero-order chi connectivity index (χ0) is 11.2. The number of esters is 1. The first kappa shape index (κ1) is 10.3. The molecule has 2 aliphatic heterocycles. The van der Waals surface area contributed by atoms with Gasteiger partial charge in [0.1, 0.15) is 17.7 Å². The normalized spacial score (nSPS) is 29.3. The quantitative estimate of drug-likeness (QED) is 0.561. The van der Waals surface area contributed by atoms with Crippen molar-refractivity contribution in [3.05, 3.63) is 0 Å². The van der Waals surface area contributed by atoms with Gasteiger partial charge in [-0.2, -0.15) is 0 Å². The maximum atomic E-state index is 11.7. The number of rotatable bonds is 0. The summed E-state index contributed by atoms with van der Waals surface area (Å²) in [6.45, 7) is 5.87. The van der Waals surface area contributed by atoms with Gasteiger partial charge in [-0.15, -0.1) is 0 Å². The molecule has 0 aromatic carbocycles. The Bertz CT molecular complexity index is 307. The molecule has 0 unspecified atom stereocenters. The van der Waals surface area contributed by atoms with Crippen LogP contribution in [-0.4, -0.2) is 41.3 Å². The van der Waals surface area contributed by atoms with E-state index in [0.717, 1.165) is 0 Å². The molecule has 0 aromatic heterocycles. The zero-order valence-corrected chi connectivity index (χ0v) is 9.15. The van der Waals surface area contributed by atoms with Gasteiger partial charge in [0, 0.05) is 6.42 Å². The van der Waals surface area contributed by atoms with Gasteiger partial charge >= 0.3 is 12.1 Å². The van der Waals surface area contributed by atoms with Crippen LogP contribution in [-0.2, 0) is 14.3 Å². The Balaban J connectivity index is 2.01. The van der Waals surface area contributed by atoms with E-state index in [1.165, 1.54) is 4.90 Å². The first-order valence-electron chi connectivity index (χ1n) is 5.07. The Labute approximate surface area is 88.3 Å². The number of amides is 1. The average Bonchev–Trinajstić information content (AvgIpc) is 2.58. The SMILES string of the molecule is CC(C)(C)OC(=O)N1C[C@H]2C[C@@H]1C(=O)O2. The van der Waals surface area contributed by atoms with Crippen LogP contribution in [0.5, 0.6) is 0 Å². The zero-order valence-electron chi connectivity index (χ0n) is 9.15. The van der Waals surface area contributed by atoms with Crippen LogP contribution in [0.15, 0.2) is 0 Å². The number of likely N-dealkylation sites (tertiary alicyclic amines) is 1. The molecular weight excluding hydrogens is 198 g/mol. The summed E-state index contributed by atoms with van der Waals surface area (Å²) < 4.78 is 10.2. The van der Waals surface area contributed by atoms with Crippen molar-refractivity contribution in [2.75, 3.05) is 6.54 Å². The molecule has 2 fully saturated rings. The lowest BCUT2D eigenvalue weighted by atomic mass is 10.2. The molecule has 0 spiro atoms. The Kier molecular flexibility index (Phi) is 2.13. The molecule has 15 heavy (non-hydrogen) atoms. The fraction of sp³-hybridized carbons (Fsp3) is 0.800. The molecule has 2 heterocycles. The summed E-state index contributed by atoms with van der Waals surface area (Å²) in [7, 11) is 0. The van der Waals surface area contributed by atoms with Crippen LogP contribution < -0.4 is 0 Å². The molecule has 0 N–H and O–H groups in total. The van der Waals surface area contributed by atoms with Gasteiger partial charge in [0.05, 0.1) is 6.54 Å². The van der Waals surface area contributed by atoms with Crippen molar-refractivity contribution in [1.29, 1.82) is 0 Å². The monoisotopic (exact) mass is 213 g/mol. The number of nitrogens with zero attached hydrogens (tertiary/aromatic N) is 1. The van der Waals surface area contributed by atoms with Crippen LogP contribution in [0.4, 0.5) is 4.79 Å². The van der Waals surface area contributed by atoms with Gasteiger partial charge in [0.2, 0.25) is 0 Å². The van der Waals surface area contributed by atoms with Crippen molar-refractivity contribution in [1.82, 2.24) is 4.90 Å². The molecule has 2 aliphatic rings. The molecule has 2 atom stereocenters. The minimum absolute atomic E-state index is 0.130. The molecule has 2 bridgehead atoms. The molecule has 2 saturated heterocycles.